The van der Waals surface area contributed by atoms with Gasteiger partial charge in [0.05, 0.1) is 17.1 Å². The van der Waals surface area contributed by atoms with E-state index in [1.807, 2.05) is 0 Å². The number of nitrogens with zero attached hydrogens (tertiary/aromatic N) is 2. The van der Waals surface area contributed by atoms with E-state index in [4.69, 9.17) is 27.7 Å². The number of hydrogen-bond donors (Lipinski definition) is 2. The Morgan fingerprint density at radius 3 is 2.38 bits per heavy atom. The summed E-state index contributed by atoms with van der Waals surface area (Å²) in [5, 5.41) is 6.98. The van der Waals surface area contributed by atoms with Crippen LogP contribution in [0.4, 0.5) is 14.5 Å². The number of carbonyl (C=O) groups excluding carboxylic acids is 1. The average Bonchev–Trinajstić information content (AvgIpc) is 3.43. The number of benzene rings is 2. The summed E-state index contributed by atoms with van der Waals surface area (Å²) in [5.74, 6) is -2.84. The standard InChI is InChI=1S/C25H23Cl2F2N3O4S/c1-13(37(34)35)15-4-2-14(3-5-15)8-20(33)30-17-9-18(26)21(19(27)10-17)24(6-7-24)23-31-22(36-32-23)16-11-25(28,29)12-16/h2-5,9-10,13,16H,6-8,11-12H2,1H3,(H,30,33)(H,34,35). The largest absolute Gasteiger partial charge is 0.339 e. The molecule has 0 radical (unpaired) electrons. The van der Waals surface area contributed by atoms with Gasteiger partial charge in [0.1, 0.15) is 0 Å². The van der Waals surface area contributed by atoms with Crippen molar-refractivity contribution in [2.75, 3.05) is 5.32 Å². The van der Waals surface area contributed by atoms with Crippen molar-refractivity contribution in [3.05, 3.63) is 74.8 Å². The van der Waals surface area contributed by atoms with E-state index in [1.165, 1.54) is 0 Å². The number of nitrogens with one attached hydrogen (secondary N) is 1. The minimum atomic E-state index is -2.69. The third-order valence-corrected chi connectivity index (χ3v) is 8.45. The second-order valence-corrected chi connectivity index (χ2v) is 11.8. The lowest BCUT2D eigenvalue weighted by molar-refractivity contribution is -0.115. The zero-order chi connectivity index (χ0) is 26.5. The first kappa shape index (κ1) is 26.2. The number of rotatable bonds is 8. The van der Waals surface area contributed by atoms with Crippen LogP contribution in [0.1, 0.15) is 72.2 Å². The summed E-state index contributed by atoms with van der Waals surface area (Å²) >= 11 is 11.2. The van der Waals surface area contributed by atoms with E-state index >= 15 is 0 Å². The number of halogens is 4. The van der Waals surface area contributed by atoms with Crippen LogP contribution < -0.4 is 5.32 Å². The van der Waals surface area contributed by atoms with E-state index < -0.39 is 33.6 Å². The van der Waals surface area contributed by atoms with Gasteiger partial charge in [-0.1, -0.05) is 52.6 Å². The SMILES string of the molecule is CC(c1ccc(CC(=O)Nc2cc(Cl)c(C3(c4noc(C5CC(F)(F)C5)n4)CC3)c(Cl)c2)cc1)S(=O)O. The molecule has 2 saturated carbocycles. The van der Waals surface area contributed by atoms with Crippen LogP contribution in [-0.4, -0.2) is 30.7 Å². The van der Waals surface area contributed by atoms with Crippen LogP contribution in [0.15, 0.2) is 40.9 Å². The van der Waals surface area contributed by atoms with Crippen molar-refractivity contribution >= 4 is 45.9 Å². The number of anilines is 1. The van der Waals surface area contributed by atoms with Gasteiger partial charge in [-0.2, -0.15) is 4.98 Å². The molecule has 12 heteroatoms. The quantitative estimate of drug-likeness (QED) is 0.303. The fourth-order valence-corrected chi connectivity index (χ4v) is 5.90. The maximum absolute atomic E-state index is 13.2. The van der Waals surface area contributed by atoms with Crippen molar-refractivity contribution in [3.8, 4) is 0 Å². The number of amides is 1. The Hall–Kier alpha value is -2.40. The molecular weight excluding hydrogens is 547 g/mol. The van der Waals surface area contributed by atoms with Crippen molar-refractivity contribution in [1.29, 1.82) is 0 Å². The van der Waals surface area contributed by atoms with Crippen molar-refractivity contribution in [2.24, 2.45) is 0 Å². The summed E-state index contributed by atoms with van der Waals surface area (Å²) in [5.41, 5.74) is 1.83. The Morgan fingerprint density at radius 2 is 1.84 bits per heavy atom. The Labute approximate surface area is 224 Å². The molecular formula is C25H23Cl2F2N3O4S. The molecule has 0 saturated heterocycles. The van der Waals surface area contributed by atoms with Crippen molar-refractivity contribution < 1.29 is 26.9 Å². The van der Waals surface area contributed by atoms with E-state index in [9.17, 15) is 22.3 Å². The number of alkyl halides is 2. The van der Waals surface area contributed by atoms with Gasteiger partial charge in [0.25, 0.3) is 0 Å². The molecule has 1 aromatic heterocycles. The van der Waals surface area contributed by atoms with Crippen molar-refractivity contribution in [2.45, 2.75) is 61.5 Å². The topological polar surface area (TPSA) is 105 Å². The molecule has 1 amide bonds. The zero-order valence-electron chi connectivity index (χ0n) is 19.6. The van der Waals surface area contributed by atoms with Crippen LogP contribution in [0.2, 0.25) is 10.0 Å². The van der Waals surface area contributed by atoms with E-state index in [0.29, 0.717) is 45.5 Å². The van der Waals surface area contributed by atoms with Gasteiger partial charge < -0.3 is 14.4 Å². The molecule has 2 N–H and O–H groups in total. The number of hydrogen-bond acceptors (Lipinski definition) is 5. The summed E-state index contributed by atoms with van der Waals surface area (Å²) < 4.78 is 52.3. The third kappa shape index (κ3) is 5.30. The van der Waals surface area contributed by atoms with Gasteiger partial charge in [0.2, 0.25) is 17.7 Å². The van der Waals surface area contributed by atoms with Crippen molar-refractivity contribution in [1.82, 2.24) is 10.1 Å². The lowest BCUT2D eigenvalue weighted by Gasteiger charge is -2.32. The highest BCUT2D eigenvalue weighted by Crippen LogP contribution is 2.57. The minimum Gasteiger partial charge on any atom is -0.339 e. The maximum atomic E-state index is 13.2. The van der Waals surface area contributed by atoms with Gasteiger partial charge in [-0.15, -0.1) is 0 Å². The van der Waals surface area contributed by atoms with Gasteiger partial charge >= 0.3 is 0 Å². The Morgan fingerprint density at radius 1 is 1.22 bits per heavy atom. The second kappa shape index (κ2) is 9.72. The zero-order valence-corrected chi connectivity index (χ0v) is 22.0. The van der Waals surface area contributed by atoms with Gasteiger partial charge in [0, 0.05) is 40.1 Å². The molecule has 7 nitrogen and oxygen atoms in total. The summed E-state index contributed by atoms with van der Waals surface area (Å²) in [4.78, 5) is 17.0. The molecule has 37 heavy (non-hydrogen) atoms. The van der Waals surface area contributed by atoms with E-state index in [2.05, 4.69) is 15.5 Å². The highest BCUT2D eigenvalue weighted by Gasteiger charge is 2.54. The second-order valence-electron chi connectivity index (χ2n) is 9.70. The summed E-state index contributed by atoms with van der Waals surface area (Å²) in [6, 6.07) is 10.1. The number of aromatic nitrogens is 2. The Bertz CT molecular complexity index is 1350. The molecule has 2 fully saturated rings. The Kier molecular flexibility index (Phi) is 6.89. The molecule has 0 aliphatic heterocycles. The van der Waals surface area contributed by atoms with Gasteiger partial charge in [-0.3, -0.25) is 4.79 Å². The van der Waals surface area contributed by atoms with E-state index in [0.717, 1.165) is 5.56 Å². The number of carbonyl (C=O) groups is 1. The van der Waals surface area contributed by atoms with Gasteiger partial charge in [0.15, 0.2) is 16.9 Å². The maximum Gasteiger partial charge on any atom is 0.249 e. The summed E-state index contributed by atoms with van der Waals surface area (Å²) in [6.07, 6.45) is 0.839. The average molecular weight is 570 g/mol. The molecule has 0 bridgehead atoms. The molecule has 0 spiro atoms. The molecule has 5 rings (SSSR count). The monoisotopic (exact) mass is 569 g/mol. The first-order valence-electron chi connectivity index (χ1n) is 11.7. The molecule has 196 valence electrons. The van der Waals surface area contributed by atoms with Crippen LogP contribution in [0.3, 0.4) is 0 Å². The molecule has 1 heterocycles. The lowest BCUT2D eigenvalue weighted by Crippen LogP contribution is -2.33. The first-order valence-corrected chi connectivity index (χ1v) is 13.6. The predicted octanol–water partition coefficient (Wildman–Crippen LogP) is 6.43. The molecule has 3 aromatic rings. The van der Waals surface area contributed by atoms with Crippen molar-refractivity contribution in [3.63, 3.8) is 0 Å². The molecule has 2 aliphatic carbocycles. The molecule has 2 atom stereocenters. The molecule has 2 aliphatic rings. The Balaban J connectivity index is 1.28. The van der Waals surface area contributed by atoms with E-state index in [-0.39, 0.29) is 31.1 Å². The minimum absolute atomic E-state index is 0.0870. The van der Waals surface area contributed by atoms with E-state index in [1.54, 1.807) is 43.3 Å². The lowest BCUT2D eigenvalue weighted by atomic mass is 9.81. The normalized spacial score (nSPS) is 19.6. The third-order valence-electron chi connectivity index (χ3n) is 6.98. The van der Waals surface area contributed by atoms with Gasteiger partial charge in [-0.05, 0) is 43.0 Å². The summed E-state index contributed by atoms with van der Waals surface area (Å²) in [7, 11) is 0. The van der Waals surface area contributed by atoms with Crippen LogP contribution in [0.5, 0.6) is 0 Å². The summed E-state index contributed by atoms with van der Waals surface area (Å²) in [6.45, 7) is 1.65. The van der Waals surface area contributed by atoms with Crippen LogP contribution in [0.25, 0.3) is 0 Å². The predicted molar refractivity (Wildman–Crippen MR) is 136 cm³/mol. The molecule has 2 unspecified atom stereocenters. The fourth-order valence-electron chi connectivity index (χ4n) is 4.66. The molecule has 2 aromatic carbocycles. The first-order chi connectivity index (χ1) is 17.5. The smallest absolute Gasteiger partial charge is 0.249 e. The van der Waals surface area contributed by atoms with Crippen LogP contribution in [0, 0.1) is 0 Å². The fraction of sp³-hybridized carbons (Fsp3) is 0.400. The highest BCUT2D eigenvalue weighted by molar-refractivity contribution is 7.79. The highest BCUT2D eigenvalue weighted by atomic mass is 35.5. The van der Waals surface area contributed by atoms with Gasteiger partial charge in [-0.25, -0.2) is 13.0 Å². The van der Waals surface area contributed by atoms with Crippen LogP contribution in [-0.2, 0) is 27.7 Å². The van der Waals surface area contributed by atoms with Crippen LogP contribution >= 0.6 is 23.2 Å².